The maximum Gasteiger partial charge on any atom is 0.338 e. The van der Waals surface area contributed by atoms with E-state index in [4.69, 9.17) is 9.47 Å². The van der Waals surface area contributed by atoms with Gasteiger partial charge in [-0.05, 0) is 31.2 Å². The highest BCUT2D eigenvalue weighted by Crippen LogP contribution is 2.25. The Kier molecular flexibility index (Phi) is 4.15. The van der Waals surface area contributed by atoms with E-state index >= 15 is 0 Å². The van der Waals surface area contributed by atoms with Crippen LogP contribution in [0.3, 0.4) is 0 Å². The summed E-state index contributed by atoms with van der Waals surface area (Å²) >= 11 is 0. The highest BCUT2D eigenvalue weighted by molar-refractivity contribution is 5.89. The monoisotopic (exact) mass is 290 g/mol. The molecule has 3 rings (SSSR count). The molecule has 2 fully saturated rings. The van der Waals surface area contributed by atoms with Crippen LogP contribution in [-0.4, -0.2) is 37.8 Å². The number of hydrogen-bond acceptors (Lipinski definition) is 3. The van der Waals surface area contributed by atoms with Gasteiger partial charge in [0.2, 0.25) is 0 Å². The fourth-order valence-corrected chi connectivity index (χ4v) is 3.70. The summed E-state index contributed by atoms with van der Waals surface area (Å²) in [7, 11) is 2.27. The Labute approximate surface area is 126 Å². The number of quaternary nitrogens is 1. The zero-order valence-corrected chi connectivity index (χ0v) is 12.8. The molecule has 1 aromatic rings. The van der Waals surface area contributed by atoms with Gasteiger partial charge in [-0.1, -0.05) is 0 Å². The van der Waals surface area contributed by atoms with E-state index in [9.17, 15) is 4.79 Å². The molecule has 4 atom stereocenters. The van der Waals surface area contributed by atoms with Gasteiger partial charge < -0.3 is 14.4 Å². The van der Waals surface area contributed by atoms with Gasteiger partial charge in [0.15, 0.2) is 0 Å². The summed E-state index contributed by atoms with van der Waals surface area (Å²) < 4.78 is 11.1. The molecule has 114 valence electrons. The molecular formula is C17H24NO3+. The standard InChI is InChI=1S/C17H23NO3/c1-3-20-15-8-4-12(5-9-15)17(19)21-16-10-13-6-7-14(11-16)18(13)2/h4-5,8-9,13-14,16H,3,6-7,10-11H2,1-2H3/p+1/t13-,14+,16?. The number of fused-ring (bicyclic) bond motifs is 2. The van der Waals surface area contributed by atoms with Crippen molar-refractivity contribution in [1.29, 1.82) is 0 Å². The number of piperidine rings is 1. The average Bonchev–Trinajstić information content (AvgIpc) is 2.71. The molecule has 1 aromatic carbocycles. The molecule has 2 bridgehead atoms. The number of nitrogens with one attached hydrogen (secondary N) is 1. The third-order valence-electron chi connectivity index (χ3n) is 4.92. The lowest BCUT2D eigenvalue weighted by molar-refractivity contribution is -0.923. The molecule has 2 saturated heterocycles. The summed E-state index contributed by atoms with van der Waals surface area (Å²) in [6.45, 7) is 2.57. The molecule has 0 amide bonds. The molecule has 1 N–H and O–H groups in total. The van der Waals surface area contributed by atoms with Gasteiger partial charge in [0.25, 0.3) is 0 Å². The van der Waals surface area contributed by atoms with Crippen molar-refractivity contribution < 1.29 is 19.2 Å². The second kappa shape index (κ2) is 6.06. The molecule has 2 aliphatic heterocycles. The molecule has 0 aliphatic carbocycles. The van der Waals surface area contributed by atoms with Crippen LogP contribution in [0.25, 0.3) is 0 Å². The SMILES string of the molecule is CCOc1ccc(C(=O)OC2C[C@H]3CC[C@@H](C2)[NH+]3C)cc1. The molecule has 4 heteroatoms. The Balaban J connectivity index is 1.59. The van der Waals surface area contributed by atoms with Gasteiger partial charge in [-0.2, -0.15) is 0 Å². The van der Waals surface area contributed by atoms with Gasteiger partial charge >= 0.3 is 5.97 Å². The van der Waals surface area contributed by atoms with Crippen LogP contribution in [0.5, 0.6) is 5.75 Å². The lowest BCUT2D eigenvalue weighted by atomic mass is 10.0. The molecule has 2 heterocycles. The van der Waals surface area contributed by atoms with E-state index in [1.54, 1.807) is 17.0 Å². The first-order valence-corrected chi connectivity index (χ1v) is 7.94. The first kappa shape index (κ1) is 14.4. The van der Waals surface area contributed by atoms with Crippen molar-refractivity contribution in [2.24, 2.45) is 0 Å². The van der Waals surface area contributed by atoms with Crippen molar-refractivity contribution in [2.45, 2.75) is 50.8 Å². The van der Waals surface area contributed by atoms with Crippen molar-refractivity contribution in [3.8, 4) is 5.75 Å². The fraction of sp³-hybridized carbons (Fsp3) is 0.588. The molecule has 4 nitrogen and oxygen atoms in total. The van der Waals surface area contributed by atoms with Crippen molar-refractivity contribution in [3.05, 3.63) is 29.8 Å². The number of hydrogen-bond donors (Lipinski definition) is 1. The Morgan fingerprint density at radius 3 is 2.38 bits per heavy atom. The zero-order chi connectivity index (χ0) is 14.8. The number of esters is 1. The van der Waals surface area contributed by atoms with Crippen molar-refractivity contribution in [1.82, 2.24) is 0 Å². The first-order chi connectivity index (χ1) is 10.2. The van der Waals surface area contributed by atoms with Gasteiger partial charge in [-0.15, -0.1) is 0 Å². The molecule has 2 unspecified atom stereocenters. The number of rotatable bonds is 4. The van der Waals surface area contributed by atoms with Gasteiger partial charge in [0.1, 0.15) is 11.9 Å². The van der Waals surface area contributed by atoms with Crippen molar-refractivity contribution in [3.63, 3.8) is 0 Å². The van der Waals surface area contributed by atoms with E-state index < -0.39 is 0 Å². The van der Waals surface area contributed by atoms with Gasteiger partial charge in [-0.3, -0.25) is 0 Å². The maximum atomic E-state index is 12.2. The van der Waals surface area contributed by atoms with Gasteiger partial charge in [0, 0.05) is 25.7 Å². The Morgan fingerprint density at radius 2 is 1.81 bits per heavy atom. The second-order valence-electron chi connectivity index (χ2n) is 6.17. The lowest BCUT2D eigenvalue weighted by Gasteiger charge is -2.33. The van der Waals surface area contributed by atoms with Crippen LogP contribution in [0.4, 0.5) is 0 Å². The largest absolute Gasteiger partial charge is 0.494 e. The number of carbonyl (C=O) groups is 1. The second-order valence-corrected chi connectivity index (χ2v) is 6.17. The van der Waals surface area contributed by atoms with Crippen LogP contribution in [0, 0.1) is 0 Å². The summed E-state index contributed by atoms with van der Waals surface area (Å²) in [6.07, 6.45) is 4.64. The molecule has 21 heavy (non-hydrogen) atoms. The van der Waals surface area contributed by atoms with Crippen LogP contribution >= 0.6 is 0 Å². The Hall–Kier alpha value is -1.55. The molecule has 0 saturated carbocycles. The third-order valence-corrected chi connectivity index (χ3v) is 4.92. The highest BCUT2D eigenvalue weighted by Gasteiger charge is 2.43. The van der Waals surface area contributed by atoms with Gasteiger partial charge in [-0.25, -0.2) is 4.79 Å². The highest BCUT2D eigenvalue weighted by atomic mass is 16.5. The average molecular weight is 290 g/mol. The number of carbonyl (C=O) groups excluding carboxylic acids is 1. The van der Waals surface area contributed by atoms with Crippen LogP contribution < -0.4 is 9.64 Å². The van der Waals surface area contributed by atoms with Crippen molar-refractivity contribution in [2.75, 3.05) is 13.7 Å². The van der Waals surface area contributed by atoms with Crippen LogP contribution in [-0.2, 0) is 4.74 Å². The van der Waals surface area contributed by atoms with Crippen LogP contribution in [0.15, 0.2) is 24.3 Å². The fourth-order valence-electron chi connectivity index (χ4n) is 3.70. The third kappa shape index (κ3) is 3.05. The summed E-state index contributed by atoms with van der Waals surface area (Å²) in [6, 6.07) is 8.54. The van der Waals surface area contributed by atoms with E-state index in [0.717, 1.165) is 18.6 Å². The Bertz CT molecular complexity index is 485. The molecule has 2 aliphatic rings. The summed E-state index contributed by atoms with van der Waals surface area (Å²) in [4.78, 5) is 13.9. The van der Waals surface area contributed by atoms with E-state index in [1.807, 2.05) is 19.1 Å². The lowest BCUT2D eigenvalue weighted by Crippen LogP contribution is -3.15. The van der Waals surface area contributed by atoms with Crippen molar-refractivity contribution >= 4 is 5.97 Å². The predicted molar refractivity (Wildman–Crippen MR) is 79.7 cm³/mol. The number of ether oxygens (including phenoxy) is 2. The van der Waals surface area contributed by atoms with E-state index in [1.165, 1.54) is 12.8 Å². The minimum atomic E-state index is -0.206. The first-order valence-electron chi connectivity index (χ1n) is 7.94. The maximum absolute atomic E-state index is 12.2. The quantitative estimate of drug-likeness (QED) is 0.853. The predicted octanol–water partition coefficient (Wildman–Crippen LogP) is 1.45. The number of benzene rings is 1. The normalized spacial score (nSPS) is 31.0. The minimum absolute atomic E-state index is 0.0882. The van der Waals surface area contributed by atoms with Crippen LogP contribution in [0.1, 0.15) is 43.0 Å². The molecule has 0 radical (unpaired) electrons. The van der Waals surface area contributed by atoms with E-state index in [2.05, 4.69) is 7.05 Å². The zero-order valence-electron chi connectivity index (χ0n) is 12.8. The minimum Gasteiger partial charge on any atom is -0.494 e. The smallest absolute Gasteiger partial charge is 0.338 e. The van der Waals surface area contributed by atoms with Gasteiger partial charge in [0.05, 0.1) is 31.3 Å². The molecular weight excluding hydrogens is 266 g/mol. The molecule has 0 spiro atoms. The van der Waals surface area contributed by atoms with E-state index in [0.29, 0.717) is 24.3 Å². The topological polar surface area (TPSA) is 40.0 Å². The molecule has 0 aromatic heterocycles. The summed E-state index contributed by atoms with van der Waals surface area (Å²) in [5, 5.41) is 0. The summed E-state index contributed by atoms with van der Waals surface area (Å²) in [5.74, 6) is 0.581. The summed E-state index contributed by atoms with van der Waals surface area (Å²) in [5.41, 5.74) is 0.608. The Morgan fingerprint density at radius 1 is 1.19 bits per heavy atom. The van der Waals surface area contributed by atoms with E-state index in [-0.39, 0.29) is 12.1 Å². The van der Waals surface area contributed by atoms with Crippen LogP contribution in [0.2, 0.25) is 0 Å².